The molecule has 3 atom stereocenters. The Balaban J connectivity index is 1.48. The van der Waals surface area contributed by atoms with Crippen molar-refractivity contribution in [3.05, 3.63) is 132 Å². The number of hydrogen-bond donors (Lipinski definition) is 0. The molecular formula is C44H52N2+2. The number of pyridine rings is 2. The third kappa shape index (κ3) is 5.20. The lowest BCUT2D eigenvalue weighted by Crippen LogP contribution is -2.71. The van der Waals surface area contributed by atoms with Crippen molar-refractivity contribution in [1.29, 1.82) is 0 Å². The van der Waals surface area contributed by atoms with Gasteiger partial charge in [0.2, 0.25) is 11.4 Å². The van der Waals surface area contributed by atoms with Crippen LogP contribution in [0.5, 0.6) is 0 Å². The molecule has 5 aromatic rings. The van der Waals surface area contributed by atoms with Gasteiger partial charge in [-0.25, -0.2) is 0 Å². The average molecular weight is 609 g/mol. The Morgan fingerprint density at radius 3 is 2.07 bits per heavy atom. The lowest BCUT2D eigenvalue weighted by molar-refractivity contribution is -0.771. The zero-order valence-corrected chi connectivity index (χ0v) is 29.1. The molecule has 0 N–H and O–H groups in total. The van der Waals surface area contributed by atoms with Crippen LogP contribution in [0.2, 0.25) is 0 Å². The number of rotatable bonds is 10. The van der Waals surface area contributed by atoms with E-state index in [9.17, 15) is 0 Å². The van der Waals surface area contributed by atoms with Gasteiger partial charge in [0, 0.05) is 49.1 Å². The van der Waals surface area contributed by atoms with Crippen molar-refractivity contribution >= 4 is 0 Å². The summed E-state index contributed by atoms with van der Waals surface area (Å²) >= 11 is 0. The predicted octanol–water partition coefficient (Wildman–Crippen LogP) is 10.3. The van der Waals surface area contributed by atoms with Crippen LogP contribution in [-0.2, 0) is 23.9 Å². The SMILES string of the molecule is CCCCc1ccc2c(c1)C(CC)(C(C)C[n+]1ccccc1-c1cc(C)c(-c3ccccc3)cc1C)C(C)(CC)[n+]1ccccc1-2. The largest absolute Gasteiger partial charge is 0.213 e. The molecule has 6 rings (SSSR count). The lowest BCUT2D eigenvalue weighted by atomic mass is 9.54. The zero-order valence-electron chi connectivity index (χ0n) is 29.1. The number of benzene rings is 3. The molecule has 1 aliphatic rings. The van der Waals surface area contributed by atoms with Crippen molar-refractivity contribution in [1.82, 2.24) is 0 Å². The molecule has 2 aromatic heterocycles. The van der Waals surface area contributed by atoms with Crippen molar-refractivity contribution < 1.29 is 9.13 Å². The molecule has 0 fully saturated rings. The highest BCUT2D eigenvalue weighted by Crippen LogP contribution is 2.54. The molecular weight excluding hydrogens is 556 g/mol. The summed E-state index contributed by atoms with van der Waals surface area (Å²) in [6, 6.07) is 36.5. The van der Waals surface area contributed by atoms with Crippen molar-refractivity contribution in [3.8, 4) is 33.6 Å². The summed E-state index contributed by atoms with van der Waals surface area (Å²) in [5.74, 6) is 0.375. The fraction of sp³-hybridized carbons (Fsp3) is 0.364. The highest BCUT2D eigenvalue weighted by atomic mass is 15.1. The van der Waals surface area contributed by atoms with Gasteiger partial charge in [-0.05, 0) is 90.8 Å². The second-order valence-corrected chi connectivity index (χ2v) is 13.9. The standard InChI is InChI=1S/C44H52N2/c1-8-11-19-35-24-25-37-40(30-35)44(10-3,43(7,9-2)46-27-18-16-23-42(37)46)34(6)31-45-26-17-15-22-41(45)39-29-32(4)38(28-33(39)5)36-20-13-12-14-21-36/h12-18,20-30,34H,8-11,19,31H2,1-7H3/q+2. The molecule has 3 unspecified atom stereocenters. The second kappa shape index (κ2) is 13.0. The maximum atomic E-state index is 2.62. The highest BCUT2D eigenvalue weighted by molar-refractivity contribution is 5.74. The van der Waals surface area contributed by atoms with Crippen LogP contribution in [0.1, 0.15) is 82.6 Å². The number of nitrogens with zero attached hydrogens (tertiary/aromatic N) is 2. The van der Waals surface area contributed by atoms with E-state index < -0.39 is 0 Å². The van der Waals surface area contributed by atoms with Crippen LogP contribution in [0.25, 0.3) is 33.6 Å². The Labute approximate surface area is 277 Å². The van der Waals surface area contributed by atoms with Gasteiger partial charge in [-0.3, -0.25) is 0 Å². The van der Waals surface area contributed by atoms with Crippen LogP contribution in [0, 0.1) is 19.8 Å². The van der Waals surface area contributed by atoms with Crippen LogP contribution < -0.4 is 9.13 Å². The first kappa shape index (κ1) is 31.9. The first-order chi connectivity index (χ1) is 22.3. The summed E-state index contributed by atoms with van der Waals surface area (Å²) in [5, 5.41) is 0. The fourth-order valence-corrected chi connectivity index (χ4v) is 8.87. The number of aryl methyl sites for hydroxylation is 3. The maximum absolute atomic E-state index is 2.62. The minimum absolute atomic E-state index is 0.0550. The van der Waals surface area contributed by atoms with Crippen LogP contribution in [0.15, 0.2) is 109 Å². The molecule has 3 heterocycles. The summed E-state index contributed by atoms with van der Waals surface area (Å²) in [6.45, 7) is 17.7. The number of aromatic nitrogens is 2. The van der Waals surface area contributed by atoms with Crippen LogP contribution in [0.4, 0.5) is 0 Å². The molecule has 0 amide bonds. The van der Waals surface area contributed by atoms with E-state index in [0.29, 0.717) is 5.92 Å². The van der Waals surface area contributed by atoms with Crippen molar-refractivity contribution in [2.24, 2.45) is 5.92 Å². The third-order valence-corrected chi connectivity index (χ3v) is 11.4. The molecule has 236 valence electrons. The molecule has 0 bridgehead atoms. The molecule has 2 nitrogen and oxygen atoms in total. The minimum Gasteiger partial charge on any atom is -0.198 e. The van der Waals surface area contributed by atoms with E-state index in [2.05, 4.69) is 167 Å². The van der Waals surface area contributed by atoms with E-state index >= 15 is 0 Å². The predicted molar refractivity (Wildman–Crippen MR) is 193 cm³/mol. The second-order valence-electron chi connectivity index (χ2n) is 13.9. The van der Waals surface area contributed by atoms with E-state index in [1.54, 1.807) is 5.56 Å². The van der Waals surface area contributed by atoms with Crippen molar-refractivity contribution in [3.63, 3.8) is 0 Å². The molecule has 0 radical (unpaired) electrons. The summed E-state index contributed by atoms with van der Waals surface area (Å²) in [6.07, 6.45) is 10.4. The summed E-state index contributed by atoms with van der Waals surface area (Å²) in [5.41, 5.74) is 13.5. The Hall–Kier alpha value is -4.04. The number of fused-ring (bicyclic) bond motifs is 3. The highest BCUT2D eigenvalue weighted by Gasteiger charge is 2.62. The minimum atomic E-state index is -0.0759. The van der Waals surface area contributed by atoms with Gasteiger partial charge in [-0.15, -0.1) is 0 Å². The van der Waals surface area contributed by atoms with E-state index in [-0.39, 0.29) is 11.0 Å². The summed E-state index contributed by atoms with van der Waals surface area (Å²) in [7, 11) is 0. The van der Waals surface area contributed by atoms with Crippen molar-refractivity contribution in [2.45, 2.75) is 98.1 Å². The quantitative estimate of drug-likeness (QED) is 0.139. The van der Waals surface area contributed by atoms with Gasteiger partial charge in [0.1, 0.15) is 0 Å². The lowest BCUT2D eigenvalue weighted by Gasteiger charge is -2.51. The first-order valence-electron chi connectivity index (χ1n) is 17.6. The van der Waals surface area contributed by atoms with E-state index in [4.69, 9.17) is 0 Å². The van der Waals surface area contributed by atoms with Crippen LogP contribution in [0.3, 0.4) is 0 Å². The zero-order chi connectivity index (χ0) is 32.5. The fourth-order valence-electron chi connectivity index (χ4n) is 8.87. The molecule has 0 saturated carbocycles. The van der Waals surface area contributed by atoms with E-state index in [1.807, 2.05) is 0 Å². The van der Waals surface area contributed by atoms with Gasteiger partial charge in [0.05, 0.1) is 11.0 Å². The Kier molecular flexibility index (Phi) is 9.01. The van der Waals surface area contributed by atoms with Crippen LogP contribution in [-0.4, -0.2) is 0 Å². The average Bonchev–Trinajstić information content (AvgIpc) is 3.09. The molecule has 0 aliphatic carbocycles. The molecule has 2 heteroatoms. The molecule has 0 saturated heterocycles. The summed E-state index contributed by atoms with van der Waals surface area (Å²) in [4.78, 5) is 0. The molecule has 0 spiro atoms. The van der Waals surface area contributed by atoms with Gasteiger partial charge in [-0.1, -0.05) is 82.6 Å². The van der Waals surface area contributed by atoms with Gasteiger partial charge in [0.25, 0.3) is 0 Å². The third-order valence-electron chi connectivity index (χ3n) is 11.4. The van der Waals surface area contributed by atoms with E-state index in [1.165, 1.54) is 63.2 Å². The smallest absolute Gasteiger partial charge is 0.198 e. The Bertz CT molecular complexity index is 1840. The number of hydrogen-bond acceptors (Lipinski definition) is 0. The molecule has 3 aromatic carbocycles. The van der Waals surface area contributed by atoms with Crippen LogP contribution >= 0.6 is 0 Å². The van der Waals surface area contributed by atoms with Gasteiger partial charge < -0.3 is 0 Å². The normalized spacial score (nSPS) is 19.4. The Morgan fingerprint density at radius 2 is 1.35 bits per heavy atom. The Morgan fingerprint density at radius 1 is 0.674 bits per heavy atom. The number of unbranched alkanes of at least 4 members (excludes halogenated alkanes) is 1. The van der Waals surface area contributed by atoms with Gasteiger partial charge in [0.15, 0.2) is 24.5 Å². The topological polar surface area (TPSA) is 7.76 Å². The van der Waals surface area contributed by atoms with Gasteiger partial charge in [-0.2, -0.15) is 9.13 Å². The monoisotopic (exact) mass is 608 g/mol. The van der Waals surface area contributed by atoms with Crippen molar-refractivity contribution in [2.75, 3.05) is 0 Å². The first-order valence-corrected chi connectivity index (χ1v) is 17.6. The van der Waals surface area contributed by atoms with E-state index in [0.717, 1.165) is 25.8 Å². The van der Waals surface area contributed by atoms with Gasteiger partial charge >= 0.3 is 0 Å². The summed E-state index contributed by atoms with van der Waals surface area (Å²) < 4.78 is 5.15. The molecule has 1 aliphatic heterocycles. The maximum Gasteiger partial charge on any atom is 0.213 e. The molecule has 46 heavy (non-hydrogen) atoms.